The molecule has 0 spiro atoms. The van der Waals surface area contributed by atoms with E-state index in [1.54, 1.807) is 17.0 Å². The number of benzene rings is 2. The quantitative estimate of drug-likeness (QED) is 0.505. The summed E-state index contributed by atoms with van der Waals surface area (Å²) in [5.74, 6) is 0.204. The lowest BCUT2D eigenvalue weighted by Crippen LogP contribution is -2.42. The summed E-state index contributed by atoms with van der Waals surface area (Å²) >= 11 is 3.42. The van der Waals surface area contributed by atoms with Crippen molar-refractivity contribution in [2.75, 3.05) is 26.7 Å². The van der Waals surface area contributed by atoms with Gasteiger partial charge in [-0.05, 0) is 56.1 Å². The van der Waals surface area contributed by atoms with Crippen LogP contribution in [0.25, 0.3) is 22.2 Å². The number of aromatic amines is 1. The van der Waals surface area contributed by atoms with Gasteiger partial charge in [-0.3, -0.25) is 9.89 Å². The predicted molar refractivity (Wildman–Crippen MR) is 118 cm³/mol. The molecule has 6 nitrogen and oxygen atoms in total. The fourth-order valence-electron chi connectivity index (χ4n) is 3.74. The number of ether oxygens (including phenoxy) is 1. The van der Waals surface area contributed by atoms with Gasteiger partial charge in [0.2, 0.25) is 5.91 Å². The fraction of sp³-hybridized carbons (Fsp3) is 0.364. The van der Waals surface area contributed by atoms with E-state index in [0.29, 0.717) is 36.6 Å². The van der Waals surface area contributed by atoms with Crippen molar-refractivity contribution in [2.45, 2.75) is 25.3 Å². The van der Waals surface area contributed by atoms with Crippen LogP contribution in [-0.2, 0) is 4.79 Å². The normalized spacial score (nSPS) is 16.2. The van der Waals surface area contributed by atoms with Gasteiger partial charge in [-0.15, -0.1) is 0 Å². The van der Waals surface area contributed by atoms with Crippen LogP contribution < -0.4 is 10.1 Å². The maximum atomic E-state index is 14.7. The lowest BCUT2D eigenvalue weighted by molar-refractivity contribution is -0.131. The van der Waals surface area contributed by atoms with E-state index in [1.807, 2.05) is 25.2 Å². The van der Waals surface area contributed by atoms with Crippen LogP contribution in [0.3, 0.4) is 0 Å². The van der Waals surface area contributed by atoms with E-state index in [0.717, 1.165) is 34.8 Å². The number of H-pyrrole nitrogens is 1. The van der Waals surface area contributed by atoms with Gasteiger partial charge in [-0.2, -0.15) is 5.10 Å². The Bertz CT molecular complexity index is 1050. The van der Waals surface area contributed by atoms with Crippen LogP contribution in [0, 0.1) is 5.82 Å². The van der Waals surface area contributed by atoms with Crippen molar-refractivity contribution in [2.24, 2.45) is 0 Å². The molecule has 0 bridgehead atoms. The molecular formula is C22H24BrFN4O2. The van der Waals surface area contributed by atoms with Gasteiger partial charge in [-0.1, -0.05) is 15.9 Å². The van der Waals surface area contributed by atoms with E-state index in [4.69, 9.17) is 4.74 Å². The topological polar surface area (TPSA) is 70.2 Å². The van der Waals surface area contributed by atoms with E-state index >= 15 is 0 Å². The number of amides is 1. The molecule has 2 aromatic carbocycles. The van der Waals surface area contributed by atoms with Gasteiger partial charge in [0.05, 0.1) is 18.2 Å². The average Bonchev–Trinajstić information content (AvgIpc) is 3.40. The van der Waals surface area contributed by atoms with Crippen molar-refractivity contribution in [3.8, 4) is 17.0 Å². The standard InChI is InChI=1S/C22H24BrFN4O2/c1-28(22(29)19-4-2-9-25-19)10-3-11-30-15-6-8-16(18(24)13-15)21-17-7-5-14(23)12-20(17)26-27-21/h5-8,12-13,19,25H,2-4,9-11H2,1H3,(H,26,27)/t19-/m0/s1. The van der Waals surface area contributed by atoms with Gasteiger partial charge < -0.3 is 15.0 Å². The molecule has 1 atom stereocenters. The van der Waals surface area contributed by atoms with Crippen LogP contribution in [0.1, 0.15) is 19.3 Å². The van der Waals surface area contributed by atoms with Gasteiger partial charge >= 0.3 is 0 Å². The number of carbonyl (C=O) groups excluding carboxylic acids is 1. The molecule has 0 radical (unpaired) electrons. The number of halogens is 2. The first-order valence-electron chi connectivity index (χ1n) is 10.1. The van der Waals surface area contributed by atoms with Crippen molar-refractivity contribution < 1.29 is 13.9 Å². The van der Waals surface area contributed by atoms with E-state index < -0.39 is 0 Å². The first kappa shape index (κ1) is 20.8. The number of aromatic nitrogens is 2. The van der Waals surface area contributed by atoms with E-state index in [1.165, 1.54) is 6.07 Å². The van der Waals surface area contributed by atoms with E-state index in [9.17, 15) is 9.18 Å². The van der Waals surface area contributed by atoms with Crippen LogP contribution in [0.5, 0.6) is 5.75 Å². The van der Waals surface area contributed by atoms with Gasteiger partial charge in [0, 0.05) is 35.1 Å². The van der Waals surface area contributed by atoms with Crippen molar-refractivity contribution in [1.82, 2.24) is 20.4 Å². The van der Waals surface area contributed by atoms with Crippen LogP contribution in [0.15, 0.2) is 40.9 Å². The highest BCUT2D eigenvalue weighted by molar-refractivity contribution is 9.10. The number of rotatable bonds is 7. The Balaban J connectivity index is 1.34. The number of likely N-dealkylation sites (N-methyl/N-ethyl adjacent to an activating group) is 1. The van der Waals surface area contributed by atoms with Crippen molar-refractivity contribution in [3.63, 3.8) is 0 Å². The fourth-order valence-corrected chi connectivity index (χ4v) is 4.10. The lowest BCUT2D eigenvalue weighted by atomic mass is 10.1. The number of fused-ring (bicyclic) bond motifs is 1. The van der Waals surface area contributed by atoms with E-state index in [2.05, 4.69) is 31.4 Å². The highest BCUT2D eigenvalue weighted by atomic mass is 79.9. The van der Waals surface area contributed by atoms with Gasteiger partial charge in [0.1, 0.15) is 17.3 Å². The minimum atomic E-state index is -0.386. The SMILES string of the molecule is CN(CCCOc1ccc(-c2n[nH]c3cc(Br)ccc23)c(F)c1)C(=O)[C@@H]1CCCN1. The van der Waals surface area contributed by atoms with E-state index in [-0.39, 0.29) is 17.8 Å². The van der Waals surface area contributed by atoms with Crippen LogP contribution >= 0.6 is 15.9 Å². The molecule has 2 N–H and O–H groups in total. The summed E-state index contributed by atoms with van der Waals surface area (Å²) in [7, 11) is 1.81. The minimum Gasteiger partial charge on any atom is -0.493 e. The number of carbonyl (C=O) groups is 1. The smallest absolute Gasteiger partial charge is 0.239 e. The monoisotopic (exact) mass is 474 g/mol. The zero-order chi connectivity index (χ0) is 21.1. The number of hydrogen-bond acceptors (Lipinski definition) is 4. The molecule has 4 rings (SSSR count). The summed E-state index contributed by atoms with van der Waals surface area (Å²) < 4.78 is 21.4. The Labute approximate surface area is 182 Å². The third-order valence-electron chi connectivity index (χ3n) is 5.36. The molecule has 1 fully saturated rings. The molecule has 3 aromatic rings. The number of hydrogen-bond donors (Lipinski definition) is 2. The molecule has 1 aromatic heterocycles. The third kappa shape index (κ3) is 4.49. The number of nitrogens with one attached hydrogen (secondary N) is 2. The maximum absolute atomic E-state index is 14.7. The zero-order valence-corrected chi connectivity index (χ0v) is 18.3. The van der Waals surface area contributed by atoms with Crippen molar-refractivity contribution >= 4 is 32.7 Å². The Hall–Kier alpha value is -2.45. The molecule has 1 aliphatic rings. The van der Waals surface area contributed by atoms with Crippen molar-refractivity contribution in [1.29, 1.82) is 0 Å². The largest absolute Gasteiger partial charge is 0.493 e. The molecule has 158 valence electrons. The lowest BCUT2D eigenvalue weighted by Gasteiger charge is -2.21. The minimum absolute atomic E-state index is 0.0585. The Morgan fingerprint density at radius 1 is 1.33 bits per heavy atom. The molecule has 1 amide bonds. The van der Waals surface area contributed by atoms with Gasteiger partial charge in [-0.25, -0.2) is 4.39 Å². The van der Waals surface area contributed by atoms with Crippen LogP contribution in [0.2, 0.25) is 0 Å². The molecule has 1 aliphatic heterocycles. The van der Waals surface area contributed by atoms with Crippen molar-refractivity contribution in [3.05, 3.63) is 46.7 Å². The maximum Gasteiger partial charge on any atom is 0.239 e. The summed E-state index contributed by atoms with van der Waals surface area (Å²) in [5, 5.41) is 11.3. The number of nitrogens with zero attached hydrogens (tertiary/aromatic N) is 2. The van der Waals surface area contributed by atoms with Gasteiger partial charge in [0.25, 0.3) is 0 Å². The summed E-state index contributed by atoms with van der Waals surface area (Å²) in [4.78, 5) is 14.0. The average molecular weight is 475 g/mol. The zero-order valence-electron chi connectivity index (χ0n) is 16.8. The molecule has 30 heavy (non-hydrogen) atoms. The first-order valence-corrected chi connectivity index (χ1v) is 10.9. The second kappa shape index (κ2) is 9.14. The Kier molecular flexibility index (Phi) is 6.34. The highest BCUT2D eigenvalue weighted by Gasteiger charge is 2.24. The Morgan fingerprint density at radius 2 is 2.20 bits per heavy atom. The first-order chi connectivity index (χ1) is 14.5. The summed E-state index contributed by atoms with van der Waals surface area (Å²) in [6, 6.07) is 10.5. The summed E-state index contributed by atoms with van der Waals surface area (Å²) in [5.41, 5.74) is 1.83. The molecule has 0 saturated carbocycles. The second-order valence-electron chi connectivity index (χ2n) is 7.51. The molecule has 8 heteroatoms. The summed E-state index contributed by atoms with van der Waals surface area (Å²) in [6.45, 7) is 1.92. The molecule has 0 unspecified atom stereocenters. The molecule has 0 aliphatic carbocycles. The summed E-state index contributed by atoms with van der Waals surface area (Å²) in [6.07, 6.45) is 2.62. The Morgan fingerprint density at radius 3 is 2.97 bits per heavy atom. The van der Waals surface area contributed by atoms with Gasteiger partial charge in [0.15, 0.2) is 0 Å². The second-order valence-corrected chi connectivity index (χ2v) is 8.43. The highest BCUT2D eigenvalue weighted by Crippen LogP contribution is 2.31. The van der Waals surface area contributed by atoms with Crippen LogP contribution in [0.4, 0.5) is 4.39 Å². The molecule has 2 heterocycles. The predicted octanol–water partition coefficient (Wildman–Crippen LogP) is 4.11. The molecular weight excluding hydrogens is 451 g/mol. The van der Waals surface area contributed by atoms with Crippen LogP contribution in [-0.4, -0.2) is 53.8 Å². The third-order valence-corrected chi connectivity index (χ3v) is 5.86. The molecule has 1 saturated heterocycles.